The highest BCUT2D eigenvalue weighted by Crippen LogP contribution is 2.40. The minimum atomic E-state index is -3.85. The smallest absolute Gasteiger partial charge is 0.243 e. The van der Waals surface area contributed by atoms with Crippen LogP contribution in [0.3, 0.4) is 0 Å². The topological polar surface area (TPSA) is 102 Å². The number of nitrogens with zero attached hydrogens (tertiary/aromatic N) is 3. The van der Waals surface area contributed by atoms with Crippen LogP contribution in [-0.2, 0) is 26.1 Å². The van der Waals surface area contributed by atoms with Crippen LogP contribution in [0.4, 0.5) is 11.5 Å². The summed E-state index contributed by atoms with van der Waals surface area (Å²) in [6.07, 6.45) is 3.44. The lowest BCUT2D eigenvalue weighted by atomic mass is 9.82. The van der Waals surface area contributed by atoms with Gasteiger partial charge in [-0.25, -0.2) is 13.4 Å². The van der Waals surface area contributed by atoms with Crippen molar-refractivity contribution in [2.24, 2.45) is 0 Å². The normalized spacial score (nSPS) is 19.9. The van der Waals surface area contributed by atoms with E-state index in [1.807, 2.05) is 61.5 Å². The van der Waals surface area contributed by atoms with Crippen molar-refractivity contribution in [2.45, 2.75) is 68.7 Å². The van der Waals surface area contributed by atoms with E-state index in [0.717, 1.165) is 59.2 Å². The van der Waals surface area contributed by atoms with Crippen molar-refractivity contribution in [1.29, 1.82) is 0 Å². The molecular formula is C40H50N4O6S. The number of sulfonamides is 1. The van der Waals surface area contributed by atoms with Gasteiger partial charge in [0.1, 0.15) is 23.9 Å². The maximum atomic E-state index is 14.5. The van der Waals surface area contributed by atoms with Crippen molar-refractivity contribution >= 4 is 21.5 Å². The predicted octanol–water partition coefficient (Wildman–Crippen LogP) is 6.66. The SMILES string of the molecule is COCCCN1CCOc2ccc(CO[C@H]3CN(S(=O)(=O)c4ccc(C)cc4)C(CC(C)Nc4ccccn4)CC3c3ccc(OC)cc3)cc21. The summed E-state index contributed by atoms with van der Waals surface area (Å²) in [5.41, 5.74) is 4.15. The molecular weight excluding hydrogens is 665 g/mol. The molecule has 11 heteroatoms. The molecule has 3 aromatic carbocycles. The van der Waals surface area contributed by atoms with E-state index in [0.29, 0.717) is 32.7 Å². The van der Waals surface area contributed by atoms with Crippen LogP contribution in [0.15, 0.2) is 96.0 Å². The number of aryl methyl sites for hydroxylation is 1. The number of aromatic nitrogens is 1. The van der Waals surface area contributed by atoms with Gasteiger partial charge in [-0.1, -0.05) is 42.0 Å². The summed E-state index contributed by atoms with van der Waals surface area (Å²) in [7, 11) is -0.472. The standard InChI is InChI=1S/C40H50N4O6S/c1-29-9-16-35(17-10-29)51(45,46)44-27-39(50-28-31-11-18-38-37(25-31)43(21-23-49-38)20-7-22-47-3)36(32-12-14-34(48-4)15-13-32)26-33(44)24-30(2)42-40-8-5-6-19-41-40/h5-6,8-19,25,30,33,36,39H,7,20-24,26-28H2,1-4H3,(H,41,42)/t30?,33?,36?,39-/m0/s1. The van der Waals surface area contributed by atoms with Crippen LogP contribution in [0.1, 0.15) is 48.8 Å². The predicted molar refractivity (Wildman–Crippen MR) is 200 cm³/mol. The average Bonchev–Trinajstić information content (AvgIpc) is 3.15. The number of rotatable bonds is 15. The minimum absolute atomic E-state index is 0.0425. The Morgan fingerprint density at radius 3 is 2.55 bits per heavy atom. The highest BCUT2D eigenvalue weighted by Gasteiger charge is 2.43. The average molecular weight is 715 g/mol. The molecule has 1 aromatic heterocycles. The summed E-state index contributed by atoms with van der Waals surface area (Å²) in [4.78, 5) is 7.06. The lowest BCUT2D eigenvalue weighted by Gasteiger charge is -2.44. The third kappa shape index (κ3) is 9.02. The molecule has 4 atom stereocenters. The molecule has 3 heterocycles. The fourth-order valence-corrected chi connectivity index (χ4v) is 8.81. The van der Waals surface area contributed by atoms with Crippen molar-refractivity contribution in [3.05, 3.63) is 108 Å². The molecule has 0 bridgehead atoms. The highest BCUT2D eigenvalue weighted by molar-refractivity contribution is 7.89. The lowest BCUT2D eigenvalue weighted by Crippen LogP contribution is -2.53. The molecule has 4 aromatic rings. The lowest BCUT2D eigenvalue weighted by molar-refractivity contribution is -0.0211. The molecule has 0 radical (unpaired) electrons. The van der Waals surface area contributed by atoms with Crippen LogP contribution < -0.4 is 19.7 Å². The van der Waals surface area contributed by atoms with E-state index in [4.69, 9.17) is 18.9 Å². The van der Waals surface area contributed by atoms with Gasteiger partial charge >= 0.3 is 0 Å². The van der Waals surface area contributed by atoms with Gasteiger partial charge in [0.15, 0.2) is 0 Å². The Balaban J connectivity index is 1.30. The molecule has 0 aliphatic carbocycles. The van der Waals surface area contributed by atoms with Crippen molar-refractivity contribution in [3.63, 3.8) is 0 Å². The quantitative estimate of drug-likeness (QED) is 0.136. The Kier molecular flexibility index (Phi) is 12.1. The van der Waals surface area contributed by atoms with Crippen molar-refractivity contribution in [3.8, 4) is 11.5 Å². The van der Waals surface area contributed by atoms with Gasteiger partial charge in [-0.15, -0.1) is 0 Å². The van der Waals surface area contributed by atoms with Gasteiger partial charge in [0, 0.05) is 51.0 Å². The number of methoxy groups -OCH3 is 2. The first-order chi connectivity index (χ1) is 24.7. The number of anilines is 2. The van der Waals surface area contributed by atoms with E-state index >= 15 is 0 Å². The molecule has 2 aliphatic heterocycles. The maximum absolute atomic E-state index is 14.5. The Morgan fingerprint density at radius 2 is 1.82 bits per heavy atom. The second-order valence-corrected chi connectivity index (χ2v) is 15.4. The number of fused-ring (bicyclic) bond motifs is 1. The molecule has 0 amide bonds. The van der Waals surface area contributed by atoms with Crippen molar-refractivity contribution in [2.75, 3.05) is 57.3 Å². The third-order valence-corrected chi connectivity index (χ3v) is 11.8. The van der Waals surface area contributed by atoms with Gasteiger partial charge in [-0.2, -0.15) is 4.31 Å². The number of ether oxygens (including phenoxy) is 4. The van der Waals surface area contributed by atoms with Crippen LogP contribution >= 0.6 is 0 Å². The van der Waals surface area contributed by atoms with Gasteiger partial charge in [0.25, 0.3) is 0 Å². The number of pyridine rings is 1. The number of hydrogen-bond acceptors (Lipinski definition) is 9. The highest BCUT2D eigenvalue weighted by atomic mass is 32.2. The molecule has 2 aliphatic rings. The molecule has 51 heavy (non-hydrogen) atoms. The van der Waals surface area contributed by atoms with Crippen LogP contribution in [0.5, 0.6) is 11.5 Å². The third-order valence-electron chi connectivity index (χ3n) is 9.82. The van der Waals surface area contributed by atoms with Crippen LogP contribution in [0.25, 0.3) is 0 Å². The molecule has 10 nitrogen and oxygen atoms in total. The number of benzene rings is 3. The molecule has 1 saturated heterocycles. The largest absolute Gasteiger partial charge is 0.497 e. The monoisotopic (exact) mass is 714 g/mol. The zero-order chi connectivity index (χ0) is 35.8. The molecule has 3 unspecified atom stereocenters. The van der Waals surface area contributed by atoms with Gasteiger partial charge in [-0.05, 0) is 92.8 Å². The van der Waals surface area contributed by atoms with Gasteiger partial charge in [0.2, 0.25) is 10.0 Å². The van der Waals surface area contributed by atoms with Crippen molar-refractivity contribution in [1.82, 2.24) is 9.29 Å². The van der Waals surface area contributed by atoms with E-state index in [1.165, 1.54) is 0 Å². The minimum Gasteiger partial charge on any atom is -0.497 e. The van der Waals surface area contributed by atoms with Gasteiger partial charge < -0.3 is 29.2 Å². The zero-order valence-corrected chi connectivity index (χ0v) is 30.8. The number of hydrogen-bond donors (Lipinski definition) is 1. The van der Waals surface area contributed by atoms with E-state index in [2.05, 4.69) is 40.3 Å². The van der Waals surface area contributed by atoms with Crippen LogP contribution in [0, 0.1) is 6.92 Å². The fourth-order valence-electron chi connectivity index (χ4n) is 7.15. The van der Waals surface area contributed by atoms with E-state index < -0.39 is 16.1 Å². The zero-order valence-electron chi connectivity index (χ0n) is 30.0. The van der Waals surface area contributed by atoms with Gasteiger partial charge in [0.05, 0.1) is 36.9 Å². The Morgan fingerprint density at radius 1 is 1.02 bits per heavy atom. The van der Waals surface area contributed by atoms with E-state index in [-0.39, 0.29) is 29.4 Å². The van der Waals surface area contributed by atoms with E-state index in [1.54, 1.807) is 36.9 Å². The summed E-state index contributed by atoms with van der Waals surface area (Å²) in [5.74, 6) is 2.34. The summed E-state index contributed by atoms with van der Waals surface area (Å²) < 4.78 is 54.2. The van der Waals surface area contributed by atoms with Gasteiger partial charge in [-0.3, -0.25) is 0 Å². The number of piperidine rings is 1. The maximum Gasteiger partial charge on any atom is 0.243 e. The molecule has 1 fully saturated rings. The second-order valence-electron chi connectivity index (χ2n) is 13.5. The Hall–Kier alpha value is -4.16. The van der Waals surface area contributed by atoms with E-state index in [9.17, 15) is 8.42 Å². The van der Waals surface area contributed by atoms with Crippen molar-refractivity contribution < 1.29 is 27.4 Å². The number of nitrogens with one attached hydrogen (secondary N) is 1. The summed E-state index contributed by atoms with van der Waals surface area (Å²) in [6.45, 7) is 7.60. The first kappa shape index (κ1) is 36.6. The first-order valence-electron chi connectivity index (χ1n) is 17.8. The molecule has 0 spiro atoms. The Bertz CT molecular complexity index is 1810. The molecule has 1 N–H and O–H groups in total. The summed E-state index contributed by atoms with van der Waals surface area (Å²) in [6, 6.07) is 26.8. The molecule has 272 valence electrons. The second kappa shape index (κ2) is 16.9. The van der Waals surface area contributed by atoms with Crippen LogP contribution in [-0.4, -0.2) is 83.0 Å². The first-order valence-corrected chi connectivity index (χ1v) is 19.2. The summed E-state index contributed by atoms with van der Waals surface area (Å²) >= 11 is 0. The fraction of sp³-hybridized carbons (Fsp3) is 0.425. The molecule has 6 rings (SSSR count). The Labute approximate surface area is 302 Å². The summed E-state index contributed by atoms with van der Waals surface area (Å²) in [5, 5.41) is 3.48. The van der Waals surface area contributed by atoms with Crippen LogP contribution in [0.2, 0.25) is 0 Å². The molecule has 0 saturated carbocycles.